The highest BCUT2D eigenvalue weighted by atomic mass is 19.3. The molecule has 0 spiro atoms. The van der Waals surface area contributed by atoms with Gasteiger partial charge in [-0.1, -0.05) is 6.07 Å². The molecule has 9 nitrogen and oxygen atoms in total. The number of halogens is 3. The third-order valence-electron chi connectivity index (χ3n) is 5.34. The molecule has 0 radical (unpaired) electrons. The lowest BCUT2D eigenvalue weighted by atomic mass is 10.1. The van der Waals surface area contributed by atoms with E-state index in [0.717, 1.165) is 23.8 Å². The first-order valence-corrected chi connectivity index (χ1v) is 9.91. The first kappa shape index (κ1) is 20.4. The predicted octanol–water partition coefficient (Wildman–Crippen LogP) is 2.83. The van der Waals surface area contributed by atoms with Crippen LogP contribution < -0.4 is 4.90 Å². The van der Waals surface area contributed by atoms with Gasteiger partial charge in [-0.3, -0.25) is 9.88 Å². The lowest BCUT2D eigenvalue weighted by Gasteiger charge is -2.16. The third-order valence-corrected chi connectivity index (χ3v) is 5.34. The van der Waals surface area contributed by atoms with Crippen molar-refractivity contribution in [3.63, 3.8) is 0 Å². The number of alkyl halides is 2. The summed E-state index contributed by atoms with van der Waals surface area (Å²) < 4.78 is 45.0. The van der Waals surface area contributed by atoms with E-state index in [4.69, 9.17) is 4.74 Å². The Hall–Kier alpha value is -3.54. The monoisotopic (exact) mass is 446 g/mol. The minimum absolute atomic E-state index is 0.130. The van der Waals surface area contributed by atoms with Crippen molar-refractivity contribution in [3.8, 4) is 22.6 Å². The second-order valence-electron chi connectivity index (χ2n) is 7.62. The molecule has 1 saturated heterocycles. The number of nitrogens with zero attached hydrogens (tertiary/aromatic N) is 6. The van der Waals surface area contributed by atoms with Gasteiger partial charge in [0.05, 0.1) is 18.3 Å². The molecule has 5 rings (SSSR count). The second kappa shape index (κ2) is 7.86. The largest absolute Gasteiger partial charge is 0.441 e. The average molecular weight is 446 g/mol. The van der Waals surface area contributed by atoms with E-state index in [1.165, 1.54) is 18.3 Å². The number of amides is 1. The minimum atomic E-state index is -3.06. The van der Waals surface area contributed by atoms with Crippen LogP contribution in [0.2, 0.25) is 0 Å². The van der Waals surface area contributed by atoms with E-state index in [1.807, 2.05) is 0 Å². The second-order valence-corrected chi connectivity index (χ2v) is 7.62. The Morgan fingerprint density at radius 3 is 2.66 bits per heavy atom. The van der Waals surface area contributed by atoms with Crippen LogP contribution in [0.5, 0.6) is 0 Å². The quantitative estimate of drug-likeness (QED) is 0.621. The minimum Gasteiger partial charge on any atom is -0.441 e. The Labute approximate surface area is 179 Å². The van der Waals surface area contributed by atoms with E-state index in [0.29, 0.717) is 23.1 Å². The SMILES string of the molecule is O=C1O[C@@H]([C@@H](O)C(F)F)CN1c1ccc(-c2ccc(-c3nnn(C4CC4)n3)nc2)c(F)c1. The maximum absolute atomic E-state index is 14.8. The first-order valence-electron chi connectivity index (χ1n) is 9.91. The number of hydrogen-bond acceptors (Lipinski definition) is 7. The Morgan fingerprint density at radius 2 is 2.00 bits per heavy atom. The molecule has 1 aromatic carbocycles. The molecule has 0 bridgehead atoms. The van der Waals surface area contributed by atoms with Gasteiger partial charge < -0.3 is 9.84 Å². The summed E-state index contributed by atoms with van der Waals surface area (Å²) in [6.45, 7) is -0.312. The van der Waals surface area contributed by atoms with E-state index in [2.05, 4.69) is 20.4 Å². The molecular weight excluding hydrogens is 429 g/mol. The topological polar surface area (TPSA) is 106 Å². The fraction of sp³-hybridized carbons (Fsp3) is 0.350. The van der Waals surface area contributed by atoms with Crippen LogP contribution in [0.15, 0.2) is 36.5 Å². The fourth-order valence-corrected chi connectivity index (χ4v) is 3.41. The highest BCUT2D eigenvalue weighted by Crippen LogP contribution is 2.33. The Balaban J connectivity index is 1.33. The van der Waals surface area contributed by atoms with Crippen LogP contribution in [0.3, 0.4) is 0 Å². The normalized spacial score (nSPS) is 19.5. The van der Waals surface area contributed by atoms with Gasteiger partial charge in [-0.15, -0.1) is 10.2 Å². The number of cyclic esters (lactones) is 1. The molecule has 1 aliphatic carbocycles. The van der Waals surface area contributed by atoms with Gasteiger partial charge >= 0.3 is 6.09 Å². The van der Waals surface area contributed by atoms with Gasteiger partial charge in [0.15, 0.2) is 12.2 Å². The molecule has 2 aromatic heterocycles. The van der Waals surface area contributed by atoms with E-state index in [9.17, 15) is 23.1 Å². The average Bonchev–Trinajstić information content (AvgIpc) is 3.38. The predicted molar refractivity (Wildman–Crippen MR) is 104 cm³/mol. The number of anilines is 1. The van der Waals surface area contributed by atoms with E-state index < -0.39 is 30.5 Å². The summed E-state index contributed by atoms with van der Waals surface area (Å²) in [5, 5.41) is 21.7. The lowest BCUT2D eigenvalue weighted by molar-refractivity contribution is -0.0641. The summed E-state index contributed by atoms with van der Waals surface area (Å²) in [7, 11) is 0. The zero-order chi connectivity index (χ0) is 22.4. The van der Waals surface area contributed by atoms with E-state index in [-0.39, 0.29) is 17.8 Å². The number of aliphatic hydroxyl groups excluding tert-OH is 1. The number of ether oxygens (including phenoxy) is 1. The van der Waals surface area contributed by atoms with E-state index >= 15 is 0 Å². The maximum Gasteiger partial charge on any atom is 0.414 e. The van der Waals surface area contributed by atoms with Crippen LogP contribution in [-0.4, -0.2) is 61.6 Å². The molecule has 1 amide bonds. The van der Waals surface area contributed by atoms with Gasteiger partial charge in [-0.05, 0) is 42.3 Å². The molecule has 2 fully saturated rings. The molecule has 1 aliphatic heterocycles. The van der Waals surface area contributed by atoms with Gasteiger partial charge in [0.25, 0.3) is 6.43 Å². The first-order chi connectivity index (χ1) is 15.4. The number of aromatic nitrogens is 5. The summed E-state index contributed by atoms with van der Waals surface area (Å²) in [6, 6.07) is 7.64. The van der Waals surface area contributed by atoms with Crippen molar-refractivity contribution in [2.45, 2.75) is 37.5 Å². The molecule has 0 unspecified atom stereocenters. The summed E-state index contributed by atoms with van der Waals surface area (Å²) in [4.78, 5) is 18.9. The van der Waals surface area contributed by atoms with Crippen molar-refractivity contribution in [2.75, 3.05) is 11.4 Å². The van der Waals surface area contributed by atoms with Gasteiger partial charge in [0, 0.05) is 17.3 Å². The molecule has 3 aromatic rings. The number of aliphatic hydroxyl groups is 1. The molecule has 12 heteroatoms. The molecular formula is C20H17F3N6O3. The van der Waals surface area contributed by atoms with Gasteiger partial charge in [-0.2, -0.15) is 4.80 Å². The summed E-state index contributed by atoms with van der Waals surface area (Å²) in [6.07, 6.45) is -3.97. The number of benzene rings is 1. The van der Waals surface area contributed by atoms with Crippen molar-refractivity contribution in [1.82, 2.24) is 25.2 Å². The molecule has 32 heavy (non-hydrogen) atoms. The van der Waals surface area contributed by atoms with Crippen molar-refractivity contribution >= 4 is 11.8 Å². The zero-order valence-electron chi connectivity index (χ0n) is 16.5. The van der Waals surface area contributed by atoms with Crippen LogP contribution in [0.4, 0.5) is 23.7 Å². The van der Waals surface area contributed by atoms with Crippen LogP contribution in [0.1, 0.15) is 18.9 Å². The summed E-state index contributed by atoms with van der Waals surface area (Å²) >= 11 is 0. The van der Waals surface area contributed by atoms with E-state index in [1.54, 1.807) is 16.9 Å². The number of rotatable bonds is 6. The van der Waals surface area contributed by atoms with Crippen LogP contribution in [0.25, 0.3) is 22.6 Å². The lowest BCUT2D eigenvalue weighted by Crippen LogP contribution is -2.36. The van der Waals surface area contributed by atoms with Gasteiger partial charge in [0.1, 0.15) is 11.5 Å². The molecule has 2 atom stereocenters. The number of pyridine rings is 1. The van der Waals surface area contributed by atoms with Gasteiger partial charge in [-0.25, -0.2) is 18.0 Å². The summed E-state index contributed by atoms with van der Waals surface area (Å²) in [5.41, 5.74) is 1.35. The van der Waals surface area contributed by atoms with Crippen molar-refractivity contribution in [2.24, 2.45) is 0 Å². The van der Waals surface area contributed by atoms with Crippen molar-refractivity contribution < 1.29 is 27.8 Å². The van der Waals surface area contributed by atoms with Crippen molar-refractivity contribution in [3.05, 3.63) is 42.3 Å². The highest BCUT2D eigenvalue weighted by molar-refractivity contribution is 5.90. The zero-order valence-corrected chi connectivity index (χ0v) is 16.5. The molecule has 1 saturated carbocycles. The molecule has 3 heterocycles. The number of hydrogen-bond donors (Lipinski definition) is 1. The standard InChI is InChI=1S/C20H17F3N6O3/c21-14-7-12(28-9-16(32-20(28)31)17(30)18(22)23)4-5-13(14)10-1-6-15(24-8-10)19-25-27-29(26-19)11-2-3-11/h1,4-8,11,16-18,30H,2-3,9H2/t16-,17-/m1/s1. The molecule has 1 N–H and O–H groups in total. The van der Waals surface area contributed by atoms with Crippen molar-refractivity contribution in [1.29, 1.82) is 0 Å². The highest BCUT2D eigenvalue weighted by Gasteiger charge is 2.40. The Kier molecular flexibility index (Phi) is 5.00. The number of carbonyl (C=O) groups is 1. The smallest absolute Gasteiger partial charge is 0.414 e. The Morgan fingerprint density at radius 1 is 1.19 bits per heavy atom. The van der Waals surface area contributed by atoms with Crippen LogP contribution in [0, 0.1) is 5.82 Å². The van der Waals surface area contributed by atoms with Gasteiger partial charge in [0.2, 0.25) is 5.82 Å². The maximum atomic E-state index is 14.8. The molecule has 2 aliphatic rings. The Bertz CT molecular complexity index is 1150. The summed E-state index contributed by atoms with van der Waals surface area (Å²) in [5.74, 6) is -0.257. The third kappa shape index (κ3) is 3.77. The number of tetrazole rings is 1. The number of carbonyl (C=O) groups excluding carboxylic acids is 1. The van der Waals surface area contributed by atoms with Crippen LogP contribution >= 0.6 is 0 Å². The molecule has 166 valence electrons. The van der Waals surface area contributed by atoms with Crippen LogP contribution in [-0.2, 0) is 4.74 Å². The fourth-order valence-electron chi connectivity index (χ4n) is 3.41.